The number of carbonyl (C=O) groups excluding carboxylic acids is 1. The Bertz CT molecular complexity index is 934. The Morgan fingerprint density at radius 1 is 1.26 bits per heavy atom. The minimum Gasteiger partial charge on any atom is -0.344 e. The fourth-order valence-corrected chi connectivity index (χ4v) is 4.58. The van der Waals surface area contributed by atoms with Gasteiger partial charge in [-0.3, -0.25) is 4.79 Å². The van der Waals surface area contributed by atoms with Crippen molar-refractivity contribution in [2.45, 2.75) is 29.8 Å². The summed E-state index contributed by atoms with van der Waals surface area (Å²) in [5.74, 6) is -0.370. The molecule has 8 heteroatoms. The van der Waals surface area contributed by atoms with Gasteiger partial charge in [0.05, 0.1) is 11.1 Å². The van der Waals surface area contributed by atoms with Crippen LogP contribution in [0.5, 0.6) is 0 Å². The molecule has 0 bridgehead atoms. The molecule has 1 aliphatic heterocycles. The van der Waals surface area contributed by atoms with Crippen LogP contribution in [-0.4, -0.2) is 38.9 Å². The minimum atomic E-state index is -4.01. The van der Waals surface area contributed by atoms with Gasteiger partial charge in [-0.1, -0.05) is 41.9 Å². The number of carbonyl (C=O) groups is 1. The molecule has 0 spiro atoms. The lowest BCUT2D eigenvalue weighted by atomic mass is 9.97. The van der Waals surface area contributed by atoms with Gasteiger partial charge in [0, 0.05) is 11.6 Å². The van der Waals surface area contributed by atoms with E-state index < -0.39 is 10.0 Å². The van der Waals surface area contributed by atoms with Crippen LogP contribution in [0.15, 0.2) is 53.4 Å². The Morgan fingerprint density at radius 3 is 2.56 bits per heavy atom. The van der Waals surface area contributed by atoms with Gasteiger partial charge in [0.2, 0.25) is 10.0 Å². The number of nitrogens with two attached hydrogens (primary N) is 1. The van der Waals surface area contributed by atoms with E-state index in [1.54, 1.807) is 0 Å². The number of hydrogen-bond acceptors (Lipinski definition) is 4. The van der Waals surface area contributed by atoms with Crippen molar-refractivity contribution in [3.63, 3.8) is 0 Å². The summed E-state index contributed by atoms with van der Waals surface area (Å²) in [5, 5.41) is 8.24. The van der Waals surface area contributed by atoms with Crippen molar-refractivity contribution in [1.82, 2.24) is 10.2 Å². The lowest BCUT2D eigenvalue weighted by molar-refractivity contribution is 0.0912. The molecule has 0 radical (unpaired) electrons. The first-order valence-corrected chi connectivity index (χ1v) is 10.6. The summed E-state index contributed by atoms with van der Waals surface area (Å²) in [4.78, 5) is 14.8. The highest BCUT2D eigenvalue weighted by atomic mass is 35.5. The topological polar surface area (TPSA) is 92.5 Å². The van der Waals surface area contributed by atoms with Gasteiger partial charge in [0.25, 0.3) is 5.91 Å². The molecule has 2 aromatic carbocycles. The summed E-state index contributed by atoms with van der Waals surface area (Å²) in [6, 6.07) is 13.8. The molecule has 1 fully saturated rings. The standard InChI is InChI=1S/C19H22ClN3O3S/c1-23-11-5-8-16(23)18(13-6-3-2-4-7-13)22-19(24)14-9-10-15(20)17(12-14)27(21,25)26/h2-4,6-7,9-10,12,16,18H,5,8,11H2,1H3,(H,22,24)(H2,21,25,26)/t16-,18?/m1/s1. The molecular weight excluding hydrogens is 386 g/mol. The Balaban J connectivity index is 1.91. The average Bonchev–Trinajstić information content (AvgIpc) is 3.05. The van der Waals surface area contributed by atoms with E-state index in [1.807, 2.05) is 37.4 Å². The van der Waals surface area contributed by atoms with Crippen molar-refractivity contribution >= 4 is 27.5 Å². The molecule has 2 aromatic rings. The molecule has 1 amide bonds. The number of sulfonamides is 1. The summed E-state index contributed by atoms with van der Waals surface area (Å²) < 4.78 is 23.4. The van der Waals surface area contributed by atoms with E-state index in [0.717, 1.165) is 24.9 Å². The van der Waals surface area contributed by atoms with Crippen molar-refractivity contribution in [3.8, 4) is 0 Å². The lowest BCUT2D eigenvalue weighted by Crippen LogP contribution is -2.41. The highest BCUT2D eigenvalue weighted by molar-refractivity contribution is 7.89. The van der Waals surface area contributed by atoms with E-state index in [2.05, 4.69) is 10.2 Å². The molecule has 1 unspecified atom stereocenters. The molecule has 2 atom stereocenters. The largest absolute Gasteiger partial charge is 0.344 e. The number of likely N-dealkylation sites (N-methyl/N-ethyl adjacent to an activating group) is 1. The maximum absolute atomic E-state index is 12.9. The summed E-state index contributed by atoms with van der Waals surface area (Å²) in [6.07, 6.45) is 2.04. The van der Waals surface area contributed by atoms with Crippen LogP contribution in [0.2, 0.25) is 5.02 Å². The molecule has 1 aliphatic rings. The maximum Gasteiger partial charge on any atom is 0.251 e. The van der Waals surface area contributed by atoms with Gasteiger partial charge in [-0.25, -0.2) is 13.6 Å². The lowest BCUT2D eigenvalue weighted by Gasteiger charge is -2.30. The van der Waals surface area contributed by atoms with Gasteiger partial charge >= 0.3 is 0 Å². The van der Waals surface area contributed by atoms with Crippen molar-refractivity contribution in [3.05, 3.63) is 64.7 Å². The van der Waals surface area contributed by atoms with Gasteiger partial charge in [-0.2, -0.15) is 0 Å². The molecule has 1 saturated heterocycles. The van der Waals surface area contributed by atoms with Crippen LogP contribution in [0.1, 0.15) is 34.8 Å². The van der Waals surface area contributed by atoms with Crippen LogP contribution in [0.4, 0.5) is 0 Å². The number of primary sulfonamides is 1. The van der Waals surface area contributed by atoms with Crippen molar-refractivity contribution in [1.29, 1.82) is 0 Å². The first-order valence-electron chi connectivity index (χ1n) is 8.66. The third kappa shape index (κ3) is 4.50. The molecule has 0 saturated carbocycles. The molecule has 144 valence electrons. The van der Waals surface area contributed by atoms with Crippen LogP contribution >= 0.6 is 11.6 Å². The average molecular weight is 408 g/mol. The van der Waals surface area contributed by atoms with E-state index in [4.69, 9.17) is 16.7 Å². The number of hydrogen-bond donors (Lipinski definition) is 2. The van der Waals surface area contributed by atoms with Crippen LogP contribution in [-0.2, 0) is 10.0 Å². The van der Waals surface area contributed by atoms with Crippen molar-refractivity contribution in [2.24, 2.45) is 5.14 Å². The second-order valence-electron chi connectivity index (χ2n) is 6.74. The zero-order valence-electron chi connectivity index (χ0n) is 14.9. The number of halogens is 1. The number of benzene rings is 2. The summed E-state index contributed by atoms with van der Waals surface area (Å²) in [7, 11) is -1.97. The molecular formula is C19H22ClN3O3S. The molecule has 0 aliphatic carbocycles. The fourth-order valence-electron chi connectivity index (χ4n) is 3.51. The molecule has 1 heterocycles. The number of likely N-dealkylation sites (tertiary alicyclic amines) is 1. The second-order valence-corrected chi connectivity index (χ2v) is 8.68. The van der Waals surface area contributed by atoms with Crippen LogP contribution in [0.3, 0.4) is 0 Å². The van der Waals surface area contributed by atoms with E-state index in [9.17, 15) is 13.2 Å². The fraction of sp³-hybridized carbons (Fsp3) is 0.316. The van der Waals surface area contributed by atoms with Gasteiger partial charge in [0.15, 0.2) is 0 Å². The predicted molar refractivity (Wildman–Crippen MR) is 105 cm³/mol. The first-order chi connectivity index (χ1) is 12.8. The Morgan fingerprint density at radius 2 is 1.96 bits per heavy atom. The molecule has 3 rings (SSSR count). The quantitative estimate of drug-likeness (QED) is 0.796. The summed E-state index contributed by atoms with van der Waals surface area (Å²) in [6.45, 7) is 0.973. The minimum absolute atomic E-state index is 0.0100. The monoisotopic (exact) mass is 407 g/mol. The number of nitrogens with zero attached hydrogens (tertiary/aromatic N) is 1. The van der Waals surface area contributed by atoms with Gasteiger partial charge in [-0.05, 0) is 50.2 Å². The molecule has 3 N–H and O–H groups in total. The Labute approximate surface area is 164 Å². The third-order valence-electron chi connectivity index (χ3n) is 4.91. The highest BCUT2D eigenvalue weighted by Gasteiger charge is 2.32. The first kappa shape index (κ1) is 19.8. The van der Waals surface area contributed by atoms with E-state index in [0.29, 0.717) is 0 Å². The zero-order valence-corrected chi connectivity index (χ0v) is 16.5. The summed E-state index contributed by atoms with van der Waals surface area (Å²) >= 11 is 5.91. The molecule has 6 nitrogen and oxygen atoms in total. The molecule has 27 heavy (non-hydrogen) atoms. The zero-order chi connectivity index (χ0) is 19.6. The summed E-state index contributed by atoms with van der Waals surface area (Å²) in [5.41, 5.74) is 1.20. The second kappa shape index (κ2) is 7.98. The SMILES string of the molecule is CN1CCC[C@@H]1C(NC(=O)c1ccc(Cl)c(S(N)(=O)=O)c1)c1ccccc1. The van der Waals surface area contributed by atoms with Crippen LogP contribution < -0.4 is 10.5 Å². The van der Waals surface area contributed by atoms with Gasteiger partial charge < -0.3 is 10.2 Å². The Hall–Kier alpha value is -1.93. The maximum atomic E-state index is 12.9. The van der Waals surface area contributed by atoms with Gasteiger partial charge in [0.1, 0.15) is 4.90 Å². The van der Waals surface area contributed by atoms with Gasteiger partial charge in [-0.15, -0.1) is 0 Å². The van der Waals surface area contributed by atoms with Crippen molar-refractivity contribution < 1.29 is 13.2 Å². The smallest absolute Gasteiger partial charge is 0.251 e. The number of rotatable bonds is 5. The van der Waals surface area contributed by atoms with Crippen LogP contribution in [0.25, 0.3) is 0 Å². The number of amides is 1. The van der Waals surface area contributed by atoms with Crippen molar-refractivity contribution in [2.75, 3.05) is 13.6 Å². The van der Waals surface area contributed by atoms with E-state index >= 15 is 0 Å². The Kier molecular flexibility index (Phi) is 5.86. The predicted octanol–water partition coefficient (Wildman–Crippen LogP) is 2.55. The normalized spacial score (nSPS) is 19.0. The number of nitrogens with one attached hydrogen (secondary N) is 1. The van der Waals surface area contributed by atoms with Crippen LogP contribution in [0, 0.1) is 0 Å². The third-order valence-corrected chi connectivity index (χ3v) is 6.30. The molecule has 0 aromatic heterocycles. The van der Waals surface area contributed by atoms with E-state index in [1.165, 1.54) is 18.2 Å². The van der Waals surface area contributed by atoms with E-state index in [-0.39, 0.29) is 33.5 Å². The highest BCUT2D eigenvalue weighted by Crippen LogP contribution is 2.29.